The molecule has 1 heterocycles. The number of hydrogen-bond donors (Lipinski definition) is 0. The first-order valence-electron chi connectivity index (χ1n) is 15.7. The molecule has 6 rings (SSSR count). The molecule has 2 aliphatic rings. The van der Waals surface area contributed by atoms with Crippen molar-refractivity contribution >= 4 is 22.8 Å². The van der Waals surface area contributed by atoms with E-state index < -0.39 is 22.8 Å². The van der Waals surface area contributed by atoms with Gasteiger partial charge >= 0.3 is 15.3 Å². The van der Waals surface area contributed by atoms with Crippen molar-refractivity contribution in [1.82, 2.24) is 0 Å². The molecule has 49 heavy (non-hydrogen) atoms. The van der Waals surface area contributed by atoms with Crippen LogP contribution < -0.4 is 22.8 Å². The van der Waals surface area contributed by atoms with Crippen molar-refractivity contribution in [1.29, 1.82) is 0 Å². The summed E-state index contributed by atoms with van der Waals surface area (Å²) in [5.41, 5.74) is 2.37. The molecule has 0 spiro atoms. The molecular weight excluding hydrogens is 675 g/mol. The predicted octanol–water partition coefficient (Wildman–Crippen LogP) is 12.5. The second kappa shape index (κ2) is 15.3. The zero-order chi connectivity index (χ0) is 34.2. The van der Waals surface area contributed by atoms with Gasteiger partial charge in [0.2, 0.25) is 0 Å². The molecular formula is C37H38N3O6P3. The third-order valence-corrected chi connectivity index (χ3v) is 15.4. The van der Waals surface area contributed by atoms with Crippen LogP contribution in [-0.4, -0.2) is 13.3 Å². The van der Waals surface area contributed by atoms with Gasteiger partial charge in [-0.05, 0) is 98.7 Å². The normalized spacial score (nSPS) is 20.8. The Kier molecular flexibility index (Phi) is 10.7. The first-order chi connectivity index (χ1) is 23.8. The minimum absolute atomic E-state index is 0.428. The number of benzene rings is 4. The predicted molar refractivity (Wildman–Crippen MR) is 199 cm³/mol. The lowest BCUT2D eigenvalue weighted by molar-refractivity contribution is 0.355. The van der Waals surface area contributed by atoms with Gasteiger partial charge in [-0.2, -0.15) is 0 Å². The van der Waals surface area contributed by atoms with Gasteiger partial charge < -0.3 is 27.4 Å². The van der Waals surface area contributed by atoms with Crippen molar-refractivity contribution in [3.05, 3.63) is 163 Å². The zero-order valence-corrected chi connectivity index (χ0v) is 30.2. The van der Waals surface area contributed by atoms with Crippen LogP contribution in [0, 0.1) is 6.92 Å². The average molecular weight is 714 g/mol. The minimum Gasteiger partial charge on any atom is -0.489 e. The molecule has 1 aliphatic carbocycles. The molecule has 0 radical (unpaired) electrons. The third kappa shape index (κ3) is 9.49. The summed E-state index contributed by atoms with van der Waals surface area (Å²) in [4.78, 5) is 0. The summed E-state index contributed by atoms with van der Waals surface area (Å²) in [5.74, 6) is 3.18. The number of hydrogen-bond acceptors (Lipinski definition) is 9. The fourth-order valence-corrected chi connectivity index (χ4v) is 14.0. The molecule has 9 nitrogen and oxygen atoms in total. The van der Waals surface area contributed by atoms with E-state index in [1.807, 2.05) is 124 Å². The molecule has 2 unspecified atom stereocenters. The van der Waals surface area contributed by atoms with Crippen LogP contribution in [0.25, 0.3) is 0 Å². The summed E-state index contributed by atoms with van der Waals surface area (Å²) >= 11 is 0. The van der Waals surface area contributed by atoms with Gasteiger partial charge in [0, 0.05) is 6.66 Å². The molecule has 0 aromatic heterocycles. The topological polar surface area (TPSA) is 92.5 Å². The van der Waals surface area contributed by atoms with E-state index in [2.05, 4.69) is 12.7 Å². The van der Waals surface area contributed by atoms with Crippen molar-refractivity contribution in [2.45, 2.75) is 20.3 Å². The molecule has 4 aromatic carbocycles. The van der Waals surface area contributed by atoms with Crippen LogP contribution in [0.5, 0.6) is 28.7 Å². The van der Waals surface area contributed by atoms with E-state index in [9.17, 15) is 0 Å². The molecule has 0 bridgehead atoms. The van der Waals surface area contributed by atoms with Crippen LogP contribution in [0.1, 0.15) is 18.9 Å². The van der Waals surface area contributed by atoms with E-state index in [0.717, 1.165) is 12.0 Å². The summed E-state index contributed by atoms with van der Waals surface area (Å²) in [6, 6.07) is 33.6. The summed E-state index contributed by atoms with van der Waals surface area (Å²) in [7, 11) is -10.7. The van der Waals surface area contributed by atoms with Crippen molar-refractivity contribution in [3.8, 4) is 28.7 Å². The second-order valence-electron chi connectivity index (χ2n) is 11.1. The molecule has 12 heteroatoms. The van der Waals surface area contributed by atoms with Crippen LogP contribution in [0.4, 0.5) is 0 Å². The number of ether oxygens (including phenoxy) is 1. The van der Waals surface area contributed by atoms with Gasteiger partial charge in [0.1, 0.15) is 41.1 Å². The molecule has 0 amide bonds. The Labute approximate surface area is 288 Å². The highest BCUT2D eigenvalue weighted by atomic mass is 31.3. The fourth-order valence-electron chi connectivity index (χ4n) is 4.51. The van der Waals surface area contributed by atoms with E-state index in [1.165, 1.54) is 5.57 Å². The SMILES string of the molecule is C=C/C=C(\C=C/C)OP1(Oc2ccc(OCC3=CC3)cc2)=NP(Oc2ccccc2)(Oc2ccccc2)=NP(C)(Oc2ccc(C)cc2)=N1. The second-order valence-corrected chi connectivity index (χ2v) is 17.8. The van der Waals surface area contributed by atoms with E-state index in [0.29, 0.717) is 41.1 Å². The number of aryl methyl sites for hydroxylation is 1. The quantitative estimate of drug-likeness (QED) is 0.0527. The number of para-hydroxylation sites is 2. The van der Waals surface area contributed by atoms with Crippen LogP contribution in [0.15, 0.2) is 171 Å². The lowest BCUT2D eigenvalue weighted by Crippen LogP contribution is -2.07. The summed E-state index contributed by atoms with van der Waals surface area (Å²) in [6.45, 7) is 10.2. The van der Waals surface area contributed by atoms with Crippen molar-refractivity contribution in [2.24, 2.45) is 13.5 Å². The van der Waals surface area contributed by atoms with Crippen LogP contribution in [0.2, 0.25) is 0 Å². The highest BCUT2D eigenvalue weighted by molar-refractivity contribution is 7.80. The molecule has 0 saturated heterocycles. The molecule has 252 valence electrons. The van der Waals surface area contributed by atoms with E-state index in [-0.39, 0.29) is 0 Å². The Morgan fingerprint density at radius 3 is 1.80 bits per heavy atom. The minimum atomic E-state index is -3.76. The maximum atomic E-state index is 6.78. The number of nitrogens with zero attached hydrogens (tertiary/aromatic N) is 3. The summed E-state index contributed by atoms with van der Waals surface area (Å²) in [6.07, 6.45) is 10.1. The highest BCUT2D eigenvalue weighted by Gasteiger charge is 2.45. The van der Waals surface area contributed by atoms with Gasteiger partial charge in [-0.15, -0.1) is 9.03 Å². The summed E-state index contributed by atoms with van der Waals surface area (Å²) < 4.78 is 55.0. The lowest BCUT2D eigenvalue weighted by atomic mass is 10.2. The number of allylic oxidation sites excluding steroid dienone is 5. The largest absolute Gasteiger partial charge is 0.489 e. The molecule has 2 atom stereocenters. The fraction of sp³-hybridized carbons (Fsp3) is 0.135. The van der Waals surface area contributed by atoms with Gasteiger partial charge in [-0.1, -0.05) is 83.4 Å². The number of rotatable bonds is 15. The maximum absolute atomic E-state index is 6.78. The zero-order valence-electron chi connectivity index (χ0n) is 27.5. The molecule has 0 saturated carbocycles. The maximum Gasteiger partial charge on any atom is 0.458 e. The first kappa shape index (κ1) is 34.2. The van der Waals surface area contributed by atoms with Crippen molar-refractivity contribution < 1.29 is 27.4 Å². The van der Waals surface area contributed by atoms with E-state index in [4.69, 9.17) is 40.9 Å². The van der Waals surface area contributed by atoms with Gasteiger partial charge in [0.05, 0.1) is 0 Å². The molecule has 0 fully saturated rings. The van der Waals surface area contributed by atoms with E-state index >= 15 is 0 Å². The van der Waals surface area contributed by atoms with Crippen molar-refractivity contribution in [3.63, 3.8) is 0 Å². The van der Waals surface area contributed by atoms with E-state index in [1.54, 1.807) is 30.4 Å². The lowest BCUT2D eigenvalue weighted by Gasteiger charge is -2.32. The Hall–Kier alpha value is -4.67. The molecule has 1 aliphatic heterocycles. The van der Waals surface area contributed by atoms with Crippen LogP contribution in [-0.2, 0) is 4.52 Å². The Morgan fingerprint density at radius 2 is 1.22 bits per heavy atom. The Morgan fingerprint density at radius 1 is 0.694 bits per heavy atom. The van der Waals surface area contributed by atoms with Gasteiger partial charge in [0.25, 0.3) is 7.43 Å². The highest BCUT2D eigenvalue weighted by Crippen LogP contribution is 2.78. The summed E-state index contributed by atoms with van der Waals surface area (Å²) in [5, 5.41) is 0. The van der Waals surface area contributed by atoms with Crippen molar-refractivity contribution in [2.75, 3.05) is 13.3 Å². The average Bonchev–Trinajstić information content (AvgIpc) is 3.91. The Balaban J connectivity index is 1.56. The van der Waals surface area contributed by atoms with Crippen LogP contribution in [0.3, 0.4) is 0 Å². The van der Waals surface area contributed by atoms with Gasteiger partial charge in [-0.3, -0.25) is 0 Å². The van der Waals surface area contributed by atoms with Crippen LogP contribution >= 0.6 is 22.8 Å². The van der Waals surface area contributed by atoms with Gasteiger partial charge in [-0.25, -0.2) is 0 Å². The molecule has 4 aromatic rings. The standard InChI is InChI=1S/C37H38N3O6P3/c1-5-13-33(14-6-2)43-48(46-37-27-25-32(26-28-37)41-29-31-21-22-31)38-47(4,42-36-23-19-30(3)20-24-36)39-49(40-48,44-34-15-9-7-10-16-34)45-35-17-11-8-12-18-35/h5-21,23-28H,1,22,29H2,2-4H3/b14-6-,33-13+. The molecule has 0 N–H and O–H groups in total. The Bertz CT molecular complexity index is 2000. The smallest absolute Gasteiger partial charge is 0.458 e. The third-order valence-electron chi connectivity index (χ3n) is 6.82. The first-order valence-corrected chi connectivity index (χ1v) is 20.8. The monoisotopic (exact) mass is 713 g/mol. The van der Waals surface area contributed by atoms with Gasteiger partial charge in [0.15, 0.2) is 0 Å².